The van der Waals surface area contributed by atoms with Gasteiger partial charge in [-0.05, 0) is 42.0 Å². The van der Waals surface area contributed by atoms with Gasteiger partial charge >= 0.3 is 0 Å². The van der Waals surface area contributed by atoms with Crippen LogP contribution in [-0.4, -0.2) is 43.4 Å². The Morgan fingerprint density at radius 3 is 2.74 bits per heavy atom. The second kappa shape index (κ2) is 9.59. The molecule has 2 aromatic carbocycles. The van der Waals surface area contributed by atoms with E-state index >= 15 is 0 Å². The van der Waals surface area contributed by atoms with Crippen LogP contribution in [-0.2, 0) is 11.2 Å². The van der Waals surface area contributed by atoms with Gasteiger partial charge in [0.15, 0.2) is 0 Å². The first-order valence-electron chi connectivity index (χ1n) is 10.5. The number of nitriles is 1. The van der Waals surface area contributed by atoms with E-state index in [0.29, 0.717) is 30.9 Å². The normalized spacial score (nSPS) is 14.1. The van der Waals surface area contributed by atoms with Crippen LogP contribution >= 0.6 is 0 Å². The Labute approximate surface area is 183 Å². The molecule has 0 aliphatic carbocycles. The minimum Gasteiger partial charge on any atom is -0.489 e. The van der Waals surface area contributed by atoms with Gasteiger partial charge in [-0.1, -0.05) is 12.1 Å². The summed E-state index contributed by atoms with van der Waals surface area (Å²) < 4.78 is 11.4. The van der Waals surface area contributed by atoms with E-state index in [1.165, 1.54) is 0 Å². The molecule has 0 saturated carbocycles. The van der Waals surface area contributed by atoms with Crippen LogP contribution < -0.4 is 9.64 Å². The third-order valence-electron chi connectivity index (χ3n) is 5.35. The van der Waals surface area contributed by atoms with Crippen LogP contribution in [0.2, 0.25) is 0 Å². The summed E-state index contributed by atoms with van der Waals surface area (Å²) in [5.74, 6) is 1.36. The first-order chi connectivity index (χ1) is 15.1. The third kappa shape index (κ3) is 5.19. The van der Waals surface area contributed by atoms with Gasteiger partial charge in [0.05, 0.1) is 24.5 Å². The summed E-state index contributed by atoms with van der Waals surface area (Å²) in [6.45, 7) is 1.40. The monoisotopic (exact) mass is 414 g/mol. The Morgan fingerprint density at radius 1 is 1.13 bits per heavy atom. The van der Waals surface area contributed by atoms with Crippen LogP contribution in [0.5, 0.6) is 5.75 Å². The van der Waals surface area contributed by atoms with Crippen molar-refractivity contribution in [3.8, 4) is 23.1 Å². The highest BCUT2D eigenvalue weighted by Gasteiger charge is 2.17. The zero-order valence-corrected chi connectivity index (χ0v) is 17.9. The van der Waals surface area contributed by atoms with E-state index in [2.05, 4.69) is 34.2 Å². The molecule has 0 spiro atoms. The van der Waals surface area contributed by atoms with Gasteiger partial charge in [0.25, 0.3) is 0 Å². The molecular weight excluding hydrogens is 388 g/mol. The number of hydrogen-bond donors (Lipinski definition) is 0. The van der Waals surface area contributed by atoms with Crippen LogP contribution in [0.1, 0.15) is 29.8 Å². The van der Waals surface area contributed by atoms with E-state index in [9.17, 15) is 5.26 Å². The fraction of sp³-hybridized carbons (Fsp3) is 0.320. The van der Waals surface area contributed by atoms with E-state index in [1.54, 1.807) is 6.20 Å². The molecule has 1 aromatic heterocycles. The lowest BCUT2D eigenvalue weighted by molar-refractivity contribution is 0.0254. The highest BCUT2D eigenvalue weighted by Crippen LogP contribution is 2.27. The largest absolute Gasteiger partial charge is 0.489 e. The number of rotatable bonds is 6. The molecule has 0 amide bonds. The predicted octanol–water partition coefficient (Wildman–Crippen LogP) is 4.23. The molecule has 0 radical (unpaired) electrons. The number of anilines is 1. The first kappa shape index (κ1) is 20.8. The van der Waals surface area contributed by atoms with E-state index in [-0.39, 0.29) is 6.10 Å². The van der Waals surface area contributed by atoms with Crippen LogP contribution in [0, 0.1) is 11.3 Å². The molecule has 6 heteroatoms. The molecule has 3 aromatic rings. The van der Waals surface area contributed by atoms with Crippen LogP contribution in [0.3, 0.4) is 0 Å². The summed E-state index contributed by atoms with van der Waals surface area (Å²) >= 11 is 0. The molecule has 6 nitrogen and oxygen atoms in total. The van der Waals surface area contributed by atoms with Crippen molar-refractivity contribution >= 4 is 5.69 Å². The van der Waals surface area contributed by atoms with Crippen molar-refractivity contribution in [3.05, 3.63) is 71.7 Å². The third-order valence-corrected chi connectivity index (χ3v) is 5.35. The lowest BCUT2D eigenvalue weighted by atomic mass is 10.1. The van der Waals surface area contributed by atoms with Crippen molar-refractivity contribution in [1.29, 1.82) is 5.26 Å². The number of nitrogens with zero attached hydrogens (tertiary/aromatic N) is 4. The zero-order valence-electron chi connectivity index (χ0n) is 17.9. The molecule has 0 N–H and O–H groups in total. The van der Waals surface area contributed by atoms with Crippen molar-refractivity contribution in [2.75, 3.05) is 32.2 Å². The summed E-state index contributed by atoms with van der Waals surface area (Å²) in [6.07, 6.45) is 4.20. The van der Waals surface area contributed by atoms with Crippen molar-refractivity contribution in [3.63, 3.8) is 0 Å². The lowest BCUT2D eigenvalue weighted by Gasteiger charge is -2.23. The fourth-order valence-corrected chi connectivity index (χ4v) is 3.63. The summed E-state index contributed by atoms with van der Waals surface area (Å²) in [6, 6.07) is 18.1. The minimum atomic E-state index is 0.0929. The van der Waals surface area contributed by atoms with Crippen LogP contribution in [0.25, 0.3) is 11.3 Å². The zero-order chi connectivity index (χ0) is 21.6. The quantitative estimate of drug-likeness (QED) is 0.601. The van der Waals surface area contributed by atoms with Gasteiger partial charge in [0, 0.05) is 50.8 Å². The molecule has 0 atom stereocenters. The Bertz CT molecular complexity index is 1080. The molecule has 4 rings (SSSR count). The lowest BCUT2D eigenvalue weighted by Crippen LogP contribution is -2.26. The molecule has 31 heavy (non-hydrogen) atoms. The van der Waals surface area contributed by atoms with Gasteiger partial charge in [-0.25, -0.2) is 9.97 Å². The van der Waals surface area contributed by atoms with E-state index in [4.69, 9.17) is 14.5 Å². The number of ether oxygens (including phenoxy) is 2. The van der Waals surface area contributed by atoms with Gasteiger partial charge in [-0.2, -0.15) is 5.26 Å². The maximum absolute atomic E-state index is 9.65. The van der Waals surface area contributed by atoms with Gasteiger partial charge in [-0.15, -0.1) is 0 Å². The number of benzene rings is 2. The summed E-state index contributed by atoms with van der Waals surface area (Å²) in [7, 11) is 4.05. The smallest absolute Gasteiger partial charge is 0.137 e. The SMILES string of the molecule is CN(C)c1cccc(Cc2nccc(-c3ccc(OC4CCOCC4)c(C#N)c3)n2)c1. The minimum absolute atomic E-state index is 0.0929. The second-order valence-corrected chi connectivity index (χ2v) is 7.85. The summed E-state index contributed by atoms with van der Waals surface area (Å²) in [5, 5.41) is 9.65. The molecule has 0 bridgehead atoms. The number of aromatic nitrogens is 2. The first-order valence-corrected chi connectivity index (χ1v) is 10.5. The molecule has 1 saturated heterocycles. The molecule has 158 valence electrons. The van der Waals surface area contributed by atoms with Crippen molar-refractivity contribution in [2.45, 2.75) is 25.4 Å². The van der Waals surface area contributed by atoms with Gasteiger partial charge < -0.3 is 14.4 Å². The molecular formula is C25H26N4O2. The topological polar surface area (TPSA) is 71.3 Å². The molecule has 1 aliphatic rings. The standard InChI is InChI=1S/C25H26N4O2/c1-29(2)21-5-3-4-18(14-21)15-25-27-11-8-23(28-25)19-6-7-24(20(16-19)17-26)31-22-9-12-30-13-10-22/h3-8,11,14,16,22H,9-10,12-13,15H2,1-2H3. The fourth-order valence-electron chi connectivity index (χ4n) is 3.63. The summed E-state index contributed by atoms with van der Waals surface area (Å²) in [4.78, 5) is 11.3. The Hall–Kier alpha value is -3.43. The number of hydrogen-bond acceptors (Lipinski definition) is 6. The van der Waals surface area contributed by atoms with E-state index < -0.39 is 0 Å². The van der Waals surface area contributed by atoms with Gasteiger partial charge in [-0.3, -0.25) is 0 Å². The Balaban J connectivity index is 1.54. The molecule has 1 aliphatic heterocycles. The van der Waals surface area contributed by atoms with Crippen molar-refractivity contribution in [2.24, 2.45) is 0 Å². The Kier molecular flexibility index (Phi) is 6.44. The highest BCUT2D eigenvalue weighted by molar-refractivity contribution is 5.64. The van der Waals surface area contributed by atoms with Crippen molar-refractivity contribution in [1.82, 2.24) is 9.97 Å². The molecule has 1 fully saturated rings. The average molecular weight is 415 g/mol. The second-order valence-electron chi connectivity index (χ2n) is 7.85. The average Bonchev–Trinajstić information content (AvgIpc) is 2.80. The molecule has 2 heterocycles. The maximum atomic E-state index is 9.65. The van der Waals surface area contributed by atoms with Gasteiger partial charge in [0.2, 0.25) is 0 Å². The van der Waals surface area contributed by atoms with Crippen molar-refractivity contribution < 1.29 is 9.47 Å². The predicted molar refractivity (Wildman–Crippen MR) is 120 cm³/mol. The van der Waals surface area contributed by atoms with E-state index in [0.717, 1.165) is 41.2 Å². The summed E-state index contributed by atoms with van der Waals surface area (Å²) in [5.41, 5.74) is 4.49. The highest BCUT2D eigenvalue weighted by atomic mass is 16.5. The van der Waals surface area contributed by atoms with Gasteiger partial charge in [0.1, 0.15) is 23.7 Å². The maximum Gasteiger partial charge on any atom is 0.137 e. The van der Waals surface area contributed by atoms with Crippen LogP contribution in [0.15, 0.2) is 54.7 Å². The molecule has 0 unspecified atom stereocenters. The van der Waals surface area contributed by atoms with E-state index in [1.807, 2.05) is 44.4 Å². The van der Waals surface area contributed by atoms with Crippen LogP contribution in [0.4, 0.5) is 5.69 Å². The Morgan fingerprint density at radius 2 is 1.97 bits per heavy atom.